The van der Waals surface area contributed by atoms with Gasteiger partial charge in [0.25, 0.3) is 0 Å². The van der Waals surface area contributed by atoms with Gasteiger partial charge >= 0.3 is 0 Å². The van der Waals surface area contributed by atoms with Gasteiger partial charge in [0.1, 0.15) is 0 Å². The molecule has 1 aromatic heterocycles. The van der Waals surface area contributed by atoms with E-state index in [0.717, 1.165) is 5.92 Å². The third-order valence-electron chi connectivity index (χ3n) is 3.98. The first-order valence-corrected chi connectivity index (χ1v) is 8.46. The van der Waals surface area contributed by atoms with Gasteiger partial charge in [-0.3, -0.25) is 0 Å². The molecule has 1 aromatic carbocycles. The molecule has 19 heavy (non-hydrogen) atoms. The number of hydrogen-bond donors (Lipinski definition) is 0. The Labute approximate surface area is 131 Å². The topological polar surface area (TPSA) is 4.93 Å². The Morgan fingerprint density at radius 1 is 0.895 bits per heavy atom. The minimum absolute atomic E-state index is 0.736. The van der Waals surface area contributed by atoms with Gasteiger partial charge in [-0.2, -0.15) is 0 Å². The van der Waals surface area contributed by atoms with Crippen molar-refractivity contribution in [3.63, 3.8) is 0 Å². The van der Waals surface area contributed by atoms with Crippen LogP contribution in [0.2, 0.25) is 0 Å². The zero-order valence-electron chi connectivity index (χ0n) is 10.8. The van der Waals surface area contributed by atoms with Crippen molar-refractivity contribution in [1.29, 1.82) is 0 Å². The molecule has 3 heteroatoms. The van der Waals surface area contributed by atoms with Crippen molar-refractivity contribution < 1.29 is 0 Å². The number of hydrogen-bond acceptors (Lipinski definition) is 0. The first-order chi connectivity index (χ1) is 9.25. The number of nitrogens with zero attached hydrogens (tertiary/aromatic N) is 1. The monoisotopic (exact) mass is 381 g/mol. The maximum atomic E-state index is 3.74. The van der Waals surface area contributed by atoms with Crippen molar-refractivity contribution in [3.05, 3.63) is 51.2 Å². The molecule has 1 saturated carbocycles. The van der Waals surface area contributed by atoms with E-state index in [2.05, 4.69) is 61.0 Å². The fourth-order valence-electron chi connectivity index (χ4n) is 2.99. The summed E-state index contributed by atoms with van der Waals surface area (Å²) >= 11 is 7.47. The lowest BCUT2D eigenvalue weighted by Crippen LogP contribution is -2.05. The average molecular weight is 383 g/mol. The maximum absolute atomic E-state index is 3.74. The fourth-order valence-corrected chi connectivity index (χ4v) is 4.62. The molecule has 2 aromatic rings. The highest BCUT2D eigenvalue weighted by molar-refractivity contribution is 9.11. The van der Waals surface area contributed by atoms with Crippen molar-refractivity contribution in [1.82, 2.24) is 4.57 Å². The molecule has 3 rings (SSSR count). The Hall–Kier alpha value is -0.540. The van der Waals surface area contributed by atoms with E-state index in [0.29, 0.717) is 0 Å². The van der Waals surface area contributed by atoms with E-state index in [1.807, 2.05) is 12.1 Å². The van der Waals surface area contributed by atoms with Gasteiger partial charge in [0.2, 0.25) is 0 Å². The smallest absolute Gasteiger partial charge is 0.0735 e. The fraction of sp³-hybridized carbons (Fsp3) is 0.375. The van der Waals surface area contributed by atoms with Crippen LogP contribution in [0.4, 0.5) is 0 Å². The summed E-state index contributed by atoms with van der Waals surface area (Å²) in [5.41, 5.74) is 2.65. The lowest BCUT2D eigenvalue weighted by molar-refractivity contribution is 0.443. The molecular weight excluding hydrogens is 366 g/mol. The van der Waals surface area contributed by atoms with Gasteiger partial charge in [-0.05, 0) is 80.4 Å². The molecule has 0 aliphatic heterocycles. The predicted molar refractivity (Wildman–Crippen MR) is 87.0 cm³/mol. The highest BCUT2D eigenvalue weighted by atomic mass is 79.9. The van der Waals surface area contributed by atoms with Crippen LogP contribution in [-0.2, 0) is 0 Å². The quantitative estimate of drug-likeness (QED) is 0.595. The van der Waals surface area contributed by atoms with Crippen LogP contribution >= 0.6 is 31.9 Å². The van der Waals surface area contributed by atoms with Crippen LogP contribution in [0.25, 0.3) is 5.69 Å². The van der Waals surface area contributed by atoms with E-state index in [-0.39, 0.29) is 0 Å². The van der Waals surface area contributed by atoms with Crippen molar-refractivity contribution in [2.45, 2.75) is 38.0 Å². The Kier molecular flexibility index (Phi) is 4.13. The highest BCUT2D eigenvalue weighted by Gasteiger charge is 2.18. The van der Waals surface area contributed by atoms with Gasteiger partial charge < -0.3 is 4.57 Å². The van der Waals surface area contributed by atoms with Crippen LogP contribution < -0.4 is 0 Å². The minimum Gasteiger partial charge on any atom is -0.322 e. The van der Waals surface area contributed by atoms with Gasteiger partial charge in [0, 0.05) is 21.3 Å². The summed E-state index contributed by atoms with van der Waals surface area (Å²) in [4.78, 5) is 0. The van der Waals surface area contributed by atoms with Crippen molar-refractivity contribution in [2.24, 2.45) is 0 Å². The van der Waals surface area contributed by atoms with E-state index in [1.54, 1.807) is 0 Å². The zero-order chi connectivity index (χ0) is 13.2. The summed E-state index contributed by atoms with van der Waals surface area (Å²) in [5, 5.41) is 0. The van der Waals surface area contributed by atoms with Gasteiger partial charge in [-0.15, -0.1) is 0 Å². The predicted octanol–water partition coefficient (Wildman–Crippen LogP) is 6.05. The van der Waals surface area contributed by atoms with Crippen molar-refractivity contribution in [2.75, 3.05) is 0 Å². The van der Waals surface area contributed by atoms with E-state index < -0.39 is 0 Å². The highest BCUT2D eigenvalue weighted by Crippen LogP contribution is 2.38. The summed E-state index contributed by atoms with van der Waals surface area (Å²) in [6.07, 6.45) is 11.0. The van der Waals surface area contributed by atoms with Gasteiger partial charge in [-0.1, -0.05) is 19.3 Å². The largest absolute Gasteiger partial charge is 0.322 e. The average Bonchev–Trinajstić information content (AvgIpc) is 2.93. The molecule has 1 nitrogen and oxygen atoms in total. The standard InChI is InChI=1S/C16H17Br2N/c17-14-10-13(12-6-2-1-3-7-12)11-15(18)16(14)19-8-4-5-9-19/h4-5,8-12H,1-3,6-7H2. The third-order valence-corrected chi connectivity index (χ3v) is 5.19. The molecule has 0 saturated heterocycles. The maximum Gasteiger partial charge on any atom is 0.0735 e. The summed E-state index contributed by atoms with van der Waals surface area (Å²) < 4.78 is 4.47. The normalized spacial score (nSPS) is 16.7. The van der Waals surface area contributed by atoms with Crippen LogP contribution in [0.3, 0.4) is 0 Å². The number of rotatable bonds is 2. The van der Waals surface area contributed by atoms with Crippen molar-refractivity contribution >= 4 is 31.9 Å². The first-order valence-electron chi connectivity index (χ1n) is 6.88. The van der Waals surface area contributed by atoms with Crippen LogP contribution in [0.15, 0.2) is 45.6 Å². The zero-order valence-corrected chi connectivity index (χ0v) is 14.0. The third kappa shape index (κ3) is 2.82. The Balaban J connectivity index is 1.97. The number of benzene rings is 1. The van der Waals surface area contributed by atoms with E-state index in [1.165, 1.54) is 52.3 Å². The summed E-state index contributed by atoms with van der Waals surface area (Å²) in [7, 11) is 0. The first kappa shape index (κ1) is 13.4. The van der Waals surface area contributed by atoms with Crippen LogP contribution in [-0.4, -0.2) is 4.57 Å². The molecule has 1 fully saturated rings. The summed E-state index contributed by atoms with van der Waals surface area (Å²) in [6.45, 7) is 0. The Bertz CT molecular complexity index is 531. The van der Waals surface area contributed by atoms with Crippen LogP contribution in [0, 0.1) is 0 Å². The number of aromatic nitrogens is 1. The molecule has 0 atom stereocenters. The molecule has 1 aliphatic rings. The molecule has 0 radical (unpaired) electrons. The SMILES string of the molecule is Brc1cc(C2CCCCC2)cc(Br)c1-n1cccc1. The van der Waals surface area contributed by atoms with Gasteiger partial charge in [0.05, 0.1) is 5.69 Å². The van der Waals surface area contributed by atoms with Gasteiger partial charge in [-0.25, -0.2) is 0 Å². The van der Waals surface area contributed by atoms with Crippen LogP contribution in [0.1, 0.15) is 43.6 Å². The number of halogens is 2. The van der Waals surface area contributed by atoms with E-state index in [9.17, 15) is 0 Å². The molecule has 0 bridgehead atoms. The molecule has 1 heterocycles. The second-order valence-corrected chi connectivity index (χ2v) is 6.97. The van der Waals surface area contributed by atoms with E-state index >= 15 is 0 Å². The van der Waals surface area contributed by atoms with Crippen LogP contribution in [0.5, 0.6) is 0 Å². The van der Waals surface area contributed by atoms with Crippen molar-refractivity contribution in [3.8, 4) is 5.69 Å². The lowest BCUT2D eigenvalue weighted by Gasteiger charge is -2.23. The second kappa shape index (κ2) is 5.84. The molecule has 100 valence electrons. The molecule has 1 aliphatic carbocycles. The second-order valence-electron chi connectivity index (χ2n) is 5.26. The van der Waals surface area contributed by atoms with Gasteiger partial charge in [0.15, 0.2) is 0 Å². The Morgan fingerprint density at radius 3 is 2.05 bits per heavy atom. The lowest BCUT2D eigenvalue weighted by atomic mass is 9.84. The summed E-state index contributed by atoms with van der Waals surface area (Å²) in [6, 6.07) is 8.70. The molecule has 0 N–H and O–H groups in total. The minimum atomic E-state index is 0.736. The molecule has 0 unspecified atom stereocenters. The van der Waals surface area contributed by atoms with E-state index in [4.69, 9.17) is 0 Å². The Morgan fingerprint density at radius 2 is 1.47 bits per heavy atom. The molecule has 0 amide bonds. The molecule has 0 spiro atoms. The summed E-state index contributed by atoms with van der Waals surface area (Å²) in [5.74, 6) is 0.736. The molecular formula is C16H17Br2N.